The SMILES string of the molecule is CC(=O)[C@@H](C(=O)ONC(=S)Nc1ccc(C(=N)N)cc1)N(C(=O)[C@@H](N)CC(=O)O)c1ccccc1. The lowest BCUT2D eigenvalue weighted by atomic mass is 10.1. The molecule has 184 valence electrons. The molecule has 0 bridgehead atoms. The summed E-state index contributed by atoms with van der Waals surface area (Å²) in [4.78, 5) is 55.0. The van der Waals surface area contributed by atoms with Crippen molar-refractivity contribution in [2.24, 2.45) is 11.5 Å². The third-order valence-electron chi connectivity index (χ3n) is 4.55. The summed E-state index contributed by atoms with van der Waals surface area (Å²) >= 11 is 5.07. The maximum atomic E-state index is 13.0. The van der Waals surface area contributed by atoms with Crippen LogP contribution >= 0.6 is 12.2 Å². The number of nitrogens with zero attached hydrogens (tertiary/aromatic N) is 1. The van der Waals surface area contributed by atoms with E-state index in [0.29, 0.717) is 11.3 Å². The molecule has 0 saturated heterocycles. The lowest BCUT2D eigenvalue weighted by Crippen LogP contribution is -2.56. The van der Waals surface area contributed by atoms with Gasteiger partial charge >= 0.3 is 11.9 Å². The largest absolute Gasteiger partial charge is 0.481 e. The molecule has 0 aromatic heterocycles. The van der Waals surface area contributed by atoms with Gasteiger partial charge in [0.15, 0.2) is 11.8 Å². The predicted molar refractivity (Wildman–Crippen MR) is 132 cm³/mol. The number of carbonyl (C=O) groups excluding carboxylic acids is 3. The van der Waals surface area contributed by atoms with Crippen LogP contribution in [0, 0.1) is 5.41 Å². The number of carboxylic acid groups (broad SMARTS) is 1. The second kappa shape index (κ2) is 12.2. The number of hydrogen-bond donors (Lipinski definition) is 6. The third kappa shape index (κ3) is 7.58. The Morgan fingerprint density at radius 3 is 2.23 bits per heavy atom. The number of anilines is 2. The number of hydroxylamine groups is 1. The highest BCUT2D eigenvalue weighted by atomic mass is 32.1. The smallest absolute Gasteiger partial charge is 0.362 e. The molecular weight excluding hydrogens is 476 g/mol. The van der Waals surface area contributed by atoms with Crippen LogP contribution in [0.1, 0.15) is 18.9 Å². The molecule has 0 aliphatic carbocycles. The van der Waals surface area contributed by atoms with Gasteiger partial charge in [-0.2, -0.15) is 5.48 Å². The van der Waals surface area contributed by atoms with E-state index >= 15 is 0 Å². The highest BCUT2D eigenvalue weighted by Gasteiger charge is 2.39. The number of amidine groups is 1. The van der Waals surface area contributed by atoms with Crippen LogP contribution in [-0.2, 0) is 24.0 Å². The van der Waals surface area contributed by atoms with Crippen LogP contribution in [-0.4, -0.2) is 51.8 Å². The van der Waals surface area contributed by atoms with Crippen LogP contribution in [0.25, 0.3) is 0 Å². The van der Waals surface area contributed by atoms with Crippen molar-refractivity contribution in [1.29, 1.82) is 5.41 Å². The molecule has 35 heavy (non-hydrogen) atoms. The predicted octanol–water partition coefficient (Wildman–Crippen LogP) is 0.508. The lowest BCUT2D eigenvalue weighted by Gasteiger charge is -2.30. The number of nitrogen functional groups attached to an aromatic ring is 1. The highest BCUT2D eigenvalue weighted by Crippen LogP contribution is 2.20. The summed E-state index contributed by atoms with van der Waals surface area (Å²) in [5, 5.41) is 19.0. The summed E-state index contributed by atoms with van der Waals surface area (Å²) in [6, 6.07) is 10.7. The third-order valence-corrected chi connectivity index (χ3v) is 4.73. The van der Waals surface area contributed by atoms with Gasteiger partial charge in [-0.25, -0.2) is 4.79 Å². The summed E-state index contributed by atoms with van der Waals surface area (Å²) in [5.74, 6) is -4.32. The fraction of sp³-hybridized carbons (Fsp3) is 0.182. The van der Waals surface area contributed by atoms with E-state index in [4.69, 9.17) is 39.0 Å². The van der Waals surface area contributed by atoms with Gasteiger partial charge in [-0.3, -0.25) is 24.7 Å². The fourth-order valence-electron chi connectivity index (χ4n) is 2.94. The van der Waals surface area contributed by atoms with Gasteiger partial charge in [-0.05, 0) is 55.5 Å². The molecule has 0 radical (unpaired) electrons. The molecule has 0 aliphatic rings. The molecule has 0 spiro atoms. The van der Waals surface area contributed by atoms with Crippen molar-refractivity contribution >= 4 is 58.2 Å². The van der Waals surface area contributed by atoms with Gasteiger partial charge in [0.1, 0.15) is 5.84 Å². The normalized spacial score (nSPS) is 11.9. The molecule has 12 nitrogen and oxygen atoms in total. The van der Waals surface area contributed by atoms with E-state index in [2.05, 4.69) is 10.8 Å². The first kappa shape index (κ1) is 26.9. The van der Waals surface area contributed by atoms with Gasteiger partial charge in [-0.1, -0.05) is 18.2 Å². The first-order chi connectivity index (χ1) is 16.5. The molecule has 2 aromatic rings. The van der Waals surface area contributed by atoms with Crippen molar-refractivity contribution in [3.63, 3.8) is 0 Å². The van der Waals surface area contributed by atoms with Crippen molar-refractivity contribution in [3.8, 4) is 0 Å². The van der Waals surface area contributed by atoms with E-state index in [0.717, 1.165) is 11.8 Å². The van der Waals surface area contributed by atoms with Gasteiger partial charge in [0.2, 0.25) is 11.0 Å². The lowest BCUT2D eigenvalue weighted by molar-refractivity contribution is -0.152. The molecule has 0 aliphatic heterocycles. The molecule has 0 heterocycles. The van der Waals surface area contributed by atoms with Gasteiger partial charge in [0, 0.05) is 16.9 Å². The molecule has 2 aromatic carbocycles. The number of carboxylic acids is 1. The van der Waals surface area contributed by atoms with Crippen LogP contribution in [0.2, 0.25) is 0 Å². The van der Waals surface area contributed by atoms with E-state index < -0.39 is 42.1 Å². The Kier molecular flexibility index (Phi) is 9.37. The molecule has 13 heteroatoms. The molecule has 2 rings (SSSR count). The number of Topliss-reactive ketones (excluding diaryl/α,β-unsaturated/α-hetero) is 1. The zero-order valence-electron chi connectivity index (χ0n) is 18.6. The second-order valence-electron chi connectivity index (χ2n) is 7.23. The average Bonchev–Trinajstić information content (AvgIpc) is 2.80. The summed E-state index contributed by atoms with van der Waals surface area (Å²) < 4.78 is 0. The Morgan fingerprint density at radius 2 is 1.71 bits per heavy atom. The van der Waals surface area contributed by atoms with E-state index in [-0.39, 0.29) is 16.6 Å². The Bertz CT molecular complexity index is 1130. The molecular formula is C22H24N6O6S. The summed E-state index contributed by atoms with van der Waals surface area (Å²) in [7, 11) is 0. The van der Waals surface area contributed by atoms with Crippen LogP contribution in [0.4, 0.5) is 11.4 Å². The van der Waals surface area contributed by atoms with Crippen LogP contribution in [0.5, 0.6) is 0 Å². The number of amides is 1. The number of benzene rings is 2. The van der Waals surface area contributed by atoms with Gasteiger partial charge in [0.25, 0.3) is 0 Å². The minimum absolute atomic E-state index is 0.109. The van der Waals surface area contributed by atoms with Crippen molar-refractivity contribution in [2.45, 2.75) is 25.4 Å². The topological polar surface area (TPSA) is 201 Å². The number of nitrogens with two attached hydrogens (primary N) is 2. The standard InChI is InChI=1S/C22H24N6O6S/c1-12(29)18(28(15-5-3-2-4-6-15)20(32)16(23)11-17(30)31)21(33)34-27-22(35)26-14-9-7-13(8-10-14)19(24)25/h2-10,16,18H,11,23H2,1H3,(H3,24,25)(H,30,31)(H2,26,27,35)/t16-,18-/m0/s1. The zero-order valence-corrected chi connectivity index (χ0v) is 19.4. The van der Waals surface area contributed by atoms with Gasteiger partial charge < -0.3 is 26.7 Å². The van der Waals surface area contributed by atoms with Gasteiger partial charge in [0.05, 0.1) is 12.5 Å². The van der Waals surface area contributed by atoms with E-state index in [1.165, 1.54) is 12.1 Å². The monoisotopic (exact) mass is 500 g/mol. The first-order valence-electron chi connectivity index (χ1n) is 10.1. The minimum atomic E-state index is -1.77. The Hall–Kier alpha value is -4.36. The Morgan fingerprint density at radius 1 is 1.11 bits per heavy atom. The number of ketones is 1. The molecule has 0 unspecified atom stereocenters. The number of thiocarbonyl (C=S) groups is 1. The zero-order chi connectivity index (χ0) is 26.1. The van der Waals surface area contributed by atoms with Crippen LogP contribution in [0.15, 0.2) is 54.6 Å². The average molecular weight is 501 g/mol. The van der Waals surface area contributed by atoms with E-state index in [1.54, 1.807) is 42.5 Å². The van der Waals surface area contributed by atoms with Gasteiger partial charge in [-0.15, -0.1) is 0 Å². The number of para-hydroxylation sites is 1. The van der Waals surface area contributed by atoms with Crippen molar-refractivity contribution in [1.82, 2.24) is 5.48 Å². The maximum Gasteiger partial charge on any atom is 0.362 e. The second-order valence-corrected chi connectivity index (χ2v) is 7.64. The number of rotatable bonds is 9. The summed E-state index contributed by atoms with van der Waals surface area (Å²) in [6.45, 7) is 1.07. The summed E-state index contributed by atoms with van der Waals surface area (Å²) in [6.07, 6.45) is -0.712. The van der Waals surface area contributed by atoms with E-state index in [9.17, 15) is 19.2 Å². The number of nitrogens with one attached hydrogen (secondary N) is 3. The van der Waals surface area contributed by atoms with Crippen LogP contribution < -0.4 is 27.2 Å². The molecule has 0 fully saturated rings. The Balaban J connectivity index is 2.18. The molecule has 0 saturated carbocycles. The number of aliphatic carboxylic acids is 1. The Labute approximate surface area is 205 Å². The number of carbonyl (C=O) groups is 4. The molecule has 2 atom stereocenters. The van der Waals surface area contributed by atoms with Crippen molar-refractivity contribution in [3.05, 3.63) is 60.2 Å². The fourth-order valence-corrected chi connectivity index (χ4v) is 3.10. The highest BCUT2D eigenvalue weighted by molar-refractivity contribution is 7.80. The van der Waals surface area contributed by atoms with Crippen molar-refractivity contribution < 1.29 is 29.1 Å². The van der Waals surface area contributed by atoms with Crippen LogP contribution in [0.3, 0.4) is 0 Å². The number of hydrogen-bond acceptors (Lipinski definition) is 8. The quantitative estimate of drug-likeness (QED) is 0.0921. The summed E-state index contributed by atoms with van der Waals surface area (Å²) in [5.41, 5.74) is 14.5. The minimum Gasteiger partial charge on any atom is -0.481 e. The van der Waals surface area contributed by atoms with E-state index in [1.807, 2.05) is 0 Å². The molecule has 8 N–H and O–H groups in total. The first-order valence-corrected chi connectivity index (χ1v) is 10.5. The van der Waals surface area contributed by atoms with Crippen molar-refractivity contribution in [2.75, 3.05) is 10.2 Å². The molecule has 1 amide bonds. The maximum absolute atomic E-state index is 13.0.